The third-order valence-corrected chi connectivity index (χ3v) is 4.97. The number of hydrogen-bond acceptors (Lipinski definition) is 5. The largest absolute Gasteiger partial charge is 0.484 e. The Morgan fingerprint density at radius 3 is 2.79 bits per heavy atom. The number of amides is 1. The van der Waals surface area contributed by atoms with Crippen LogP contribution in [-0.2, 0) is 11.3 Å². The summed E-state index contributed by atoms with van der Waals surface area (Å²) >= 11 is 0. The normalized spacial score (nSPS) is 16.2. The summed E-state index contributed by atoms with van der Waals surface area (Å²) in [5, 5.41) is 3.39. The van der Waals surface area contributed by atoms with E-state index < -0.39 is 0 Å². The molecule has 0 spiro atoms. The smallest absolute Gasteiger partial charge is 0.261 e. The number of Topliss-reactive ketones (excluding diaryl/α,β-unsaturated/α-hetero) is 1. The van der Waals surface area contributed by atoms with Gasteiger partial charge in [0.15, 0.2) is 12.4 Å². The maximum absolute atomic E-state index is 13.0. The van der Waals surface area contributed by atoms with E-state index in [0.29, 0.717) is 17.9 Å². The van der Waals surface area contributed by atoms with Crippen LogP contribution in [0.25, 0.3) is 0 Å². The fourth-order valence-electron chi connectivity index (χ4n) is 3.43. The van der Waals surface area contributed by atoms with Crippen LogP contribution in [0.3, 0.4) is 0 Å². The molecule has 3 rings (SSSR count). The first-order valence-corrected chi connectivity index (χ1v) is 9.77. The van der Waals surface area contributed by atoms with E-state index in [1.165, 1.54) is 6.92 Å². The molecule has 1 N–H and O–H groups in total. The van der Waals surface area contributed by atoms with Crippen molar-refractivity contribution in [2.75, 3.05) is 19.7 Å². The molecule has 1 amide bonds. The van der Waals surface area contributed by atoms with Crippen LogP contribution in [0.5, 0.6) is 5.75 Å². The number of benzene rings is 1. The second kappa shape index (κ2) is 11.5. The number of nitrogens with zero attached hydrogens (tertiary/aromatic N) is 2. The van der Waals surface area contributed by atoms with E-state index in [-0.39, 0.29) is 36.7 Å². The molecule has 29 heavy (non-hydrogen) atoms. The van der Waals surface area contributed by atoms with Gasteiger partial charge < -0.3 is 15.0 Å². The molecule has 0 saturated carbocycles. The Balaban J connectivity index is 0.00000300. The average molecular weight is 418 g/mol. The van der Waals surface area contributed by atoms with Gasteiger partial charge in [-0.15, -0.1) is 12.4 Å². The Kier molecular flexibility index (Phi) is 9.09. The minimum atomic E-state index is -0.0641. The summed E-state index contributed by atoms with van der Waals surface area (Å²) in [6, 6.07) is 12.8. The van der Waals surface area contributed by atoms with Gasteiger partial charge in [-0.3, -0.25) is 14.6 Å². The molecule has 2 aromatic rings. The highest BCUT2D eigenvalue weighted by Gasteiger charge is 2.25. The Hall–Kier alpha value is -2.44. The number of pyridine rings is 1. The first-order chi connectivity index (χ1) is 13.6. The Morgan fingerprint density at radius 1 is 1.17 bits per heavy atom. The highest BCUT2D eigenvalue weighted by Crippen LogP contribution is 2.18. The van der Waals surface area contributed by atoms with Gasteiger partial charge in [-0.1, -0.05) is 18.2 Å². The zero-order valence-corrected chi connectivity index (χ0v) is 17.5. The van der Waals surface area contributed by atoms with E-state index in [9.17, 15) is 9.59 Å². The van der Waals surface area contributed by atoms with Crippen molar-refractivity contribution in [2.45, 2.75) is 38.8 Å². The van der Waals surface area contributed by atoms with E-state index >= 15 is 0 Å². The lowest BCUT2D eigenvalue weighted by atomic mass is 10.1. The van der Waals surface area contributed by atoms with Crippen LogP contribution < -0.4 is 10.1 Å². The maximum atomic E-state index is 13.0. The van der Waals surface area contributed by atoms with Gasteiger partial charge in [-0.2, -0.15) is 0 Å². The lowest BCUT2D eigenvalue weighted by Crippen LogP contribution is -2.43. The Bertz CT molecular complexity index is 793. The van der Waals surface area contributed by atoms with Crippen LogP contribution in [-0.4, -0.2) is 47.3 Å². The fourth-order valence-corrected chi connectivity index (χ4v) is 3.43. The third-order valence-electron chi connectivity index (χ3n) is 4.97. The molecule has 6 nitrogen and oxygen atoms in total. The molecule has 1 aliphatic rings. The lowest BCUT2D eigenvalue weighted by Gasteiger charge is -2.31. The quantitative estimate of drug-likeness (QED) is 0.700. The van der Waals surface area contributed by atoms with E-state index in [4.69, 9.17) is 4.74 Å². The number of carbonyl (C=O) groups is 2. The molecule has 2 heterocycles. The van der Waals surface area contributed by atoms with Crippen LogP contribution in [0.1, 0.15) is 42.2 Å². The van der Waals surface area contributed by atoms with Crippen LogP contribution >= 0.6 is 12.4 Å². The van der Waals surface area contributed by atoms with E-state index in [1.807, 2.05) is 23.1 Å². The van der Waals surface area contributed by atoms with Crippen LogP contribution in [0, 0.1) is 0 Å². The van der Waals surface area contributed by atoms with Gasteiger partial charge in [0.25, 0.3) is 5.91 Å². The molecule has 1 saturated heterocycles. The predicted octanol–water partition coefficient (Wildman–Crippen LogP) is 3.26. The van der Waals surface area contributed by atoms with E-state index in [1.54, 1.807) is 30.5 Å². The second-order valence-electron chi connectivity index (χ2n) is 7.05. The minimum absolute atomic E-state index is 0. The third kappa shape index (κ3) is 6.84. The minimum Gasteiger partial charge on any atom is -0.484 e. The van der Waals surface area contributed by atoms with Gasteiger partial charge in [0.2, 0.25) is 0 Å². The van der Waals surface area contributed by atoms with Crippen LogP contribution in [0.15, 0.2) is 48.7 Å². The number of ketones is 1. The van der Waals surface area contributed by atoms with Crippen molar-refractivity contribution in [3.63, 3.8) is 0 Å². The summed E-state index contributed by atoms with van der Waals surface area (Å²) in [6.45, 7) is 3.81. The van der Waals surface area contributed by atoms with Crippen molar-refractivity contribution < 1.29 is 14.3 Å². The van der Waals surface area contributed by atoms with Gasteiger partial charge in [-0.25, -0.2) is 0 Å². The molecule has 156 valence electrons. The van der Waals surface area contributed by atoms with Gasteiger partial charge in [0.1, 0.15) is 5.75 Å². The number of halogens is 1. The van der Waals surface area contributed by atoms with Crippen molar-refractivity contribution in [3.8, 4) is 5.75 Å². The highest BCUT2D eigenvalue weighted by molar-refractivity contribution is 5.94. The first-order valence-electron chi connectivity index (χ1n) is 9.77. The number of carbonyl (C=O) groups excluding carboxylic acids is 2. The molecular weight excluding hydrogens is 390 g/mol. The summed E-state index contributed by atoms with van der Waals surface area (Å²) in [6.07, 6.45) is 4.67. The number of nitrogens with one attached hydrogen (secondary N) is 1. The molecule has 0 aliphatic carbocycles. The van der Waals surface area contributed by atoms with Crippen molar-refractivity contribution >= 4 is 24.1 Å². The van der Waals surface area contributed by atoms with Crippen LogP contribution in [0.2, 0.25) is 0 Å². The number of aromatic nitrogens is 1. The standard InChI is InChI=1S/C22H27N3O3.ClH/c1-17(26)18-6-4-9-21(14-18)28-16-22(27)25(15-19-7-2-3-12-24-19)20-8-5-11-23-13-10-20;/h2-4,6-7,9,12,14,20,23H,5,8,10-11,13,15-16H2,1H3;1H. The SMILES string of the molecule is CC(=O)c1cccc(OCC(=O)N(Cc2ccccn2)C2CCCNCC2)c1.Cl. The Morgan fingerprint density at radius 2 is 2.03 bits per heavy atom. The molecule has 1 aliphatic heterocycles. The molecule has 0 radical (unpaired) electrons. The summed E-state index contributed by atoms with van der Waals surface area (Å²) in [5.41, 5.74) is 1.44. The fraction of sp³-hybridized carbons (Fsp3) is 0.409. The molecule has 1 unspecified atom stereocenters. The van der Waals surface area contributed by atoms with E-state index in [2.05, 4.69) is 10.3 Å². The molecule has 1 fully saturated rings. The predicted molar refractivity (Wildman–Crippen MR) is 114 cm³/mol. The number of hydrogen-bond donors (Lipinski definition) is 1. The monoisotopic (exact) mass is 417 g/mol. The molecule has 1 aromatic carbocycles. The van der Waals surface area contributed by atoms with Gasteiger partial charge in [0.05, 0.1) is 12.2 Å². The topological polar surface area (TPSA) is 71.5 Å². The maximum Gasteiger partial charge on any atom is 0.261 e. The van der Waals surface area contributed by atoms with Gasteiger partial charge >= 0.3 is 0 Å². The van der Waals surface area contributed by atoms with Crippen LogP contribution in [0.4, 0.5) is 0 Å². The first kappa shape index (κ1) is 22.8. The summed E-state index contributed by atoms with van der Waals surface area (Å²) < 4.78 is 5.72. The Labute approximate surface area is 178 Å². The van der Waals surface area contributed by atoms with Crippen molar-refractivity contribution in [1.29, 1.82) is 0 Å². The zero-order valence-electron chi connectivity index (χ0n) is 16.7. The van der Waals surface area contributed by atoms with Gasteiger partial charge in [0, 0.05) is 17.8 Å². The van der Waals surface area contributed by atoms with Crippen molar-refractivity contribution in [3.05, 3.63) is 59.9 Å². The van der Waals surface area contributed by atoms with Crippen molar-refractivity contribution in [1.82, 2.24) is 15.2 Å². The number of ether oxygens (including phenoxy) is 1. The zero-order chi connectivity index (χ0) is 19.8. The van der Waals surface area contributed by atoms with E-state index in [0.717, 1.165) is 38.0 Å². The second-order valence-corrected chi connectivity index (χ2v) is 7.05. The molecule has 7 heteroatoms. The molecule has 1 atom stereocenters. The number of rotatable bonds is 7. The molecule has 0 bridgehead atoms. The summed E-state index contributed by atoms with van der Waals surface area (Å²) in [4.78, 5) is 30.9. The lowest BCUT2D eigenvalue weighted by molar-refractivity contribution is -0.136. The van der Waals surface area contributed by atoms with Gasteiger partial charge in [-0.05, 0) is 63.5 Å². The van der Waals surface area contributed by atoms with Crippen molar-refractivity contribution in [2.24, 2.45) is 0 Å². The summed E-state index contributed by atoms with van der Waals surface area (Å²) in [5.74, 6) is 0.437. The molecular formula is C22H28ClN3O3. The summed E-state index contributed by atoms with van der Waals surface area (Å²) in [7, 11) is 0. The highest BCUT2D eigenvalue weighted by atomic mass is 35.5. The average Bonchev–Trinajstić information content (AvgIpc) is 3.00. The molecule has 1 aromatic heterocycles.